The van der Waals surface area contributed by atoms with Gasteiger partial charge in [-0.1, -0.05) is 6.92 Å². The van der Waals surface area contributed by atoms with E-state index >= 15 is 0 Å². The van der Waals surface area contributed by atoms with Crippen LogP contribution in [0.2, 0.25) is 0 Å². The number of rotatable bonds is 2. The van der Waals surface area contributed by atoms with Crippen molar-refractivity contribution in [3.63, 3.8) is 0 Å². The maximum atomic E-state index is 13.6. The van der Waals surface area contributed by atoms with E-state index in [1.807, 2.05) is 12.1 Å². The second-order valence-corrected chi connectivity index (χ2v) is 10.7. The minimum Gasteiger partial charge on any atom is -0.458 e. The van der Waals surface area contributed by atoms with Gasteiger partial charge in [0.25, 0.3) is 5.56 Å². The van der Waals surface area contributed by atoms with E-state index in [4.69, 9.17) is 15.5 Å². The number of hydrogen-bond acceptors (Lipinski definition) is 8. The number of carbonyl (C=O) groups excluding carboxylic acids is 1. The van der Waals surface area contributed by atoms with Crippen molar-refractivity contribution in [1.82, 2.24) is 14.5 Å². The van der Waals surface area contributed by atoms with Crippen molar-refractivity contribution in [2.75, 3.05) is 43.9 Å². The number of pyridine rings is 2. The fourth-order valence-corrected chi connectivity index (χ4v) is 5.94. The van der Waals surface area contributed by atoms with Gasteiger partial charge in [0.1, 0.15) is 6.61 Å². The first-order chi connectivity index (χ1) is 16.7. The average molecular weight is 587 g/mol. The van der Waals surface area contributed by atoms with Crippen LogP contribution in [0.3, 0.4) is 0 Å². The molecule has 2 aromatic heterocycles. The Bertz CT molecular complexity index is 1480. The van der Waals surface area contributed by atoms with E-state index in [1.54, 1.807) is 17.6 Å². The number of anilines is 2. The van der Waals surface area contributed by atoms with Crippen molar-refractivity contribution in [1.29, 1.82) is 0 Å². The van der Waals surface area contributed by atoms with Crippen LogP contribution in [0.5, 0.6) is 0 Å². The number of aliphatic hydroxyl groups is 1. The molecule has 9 nitrogen and oxygen atoms in total. The Morgan fingerprint density at radius 1 is 1.17 bits per heavy atom. The van der Waals surface area contributed by atoms with E-state index in [9.17, 15) is 14.7 Å². The highest BCUT2D eigenvalue weighted by atomic mass is 127. The number of nitrogens with two attached hydrogens (primary N) is 1. The van der Waals surface area contributed by atoms with Gasteiger partial charge in [0.15, 0.2) is 5.60 Å². The zero-order valence-electron chi connectivity index (χ0n) is 19.6. The molecule has 3 aliphatic rings. The van der Waals surface area contributed by atoms with Gasteiger partial charge in [-0.3, -0.25) is 4.79 Å². The van der Waals surface area contributed by atoms with Crippen LogP contribution in [0.15, 0.2) is 23.0 Å². The second kappa shape index (κ2) is 7.90. The molecular weight excluding hydrogens is 561 g/mol. The number of carbonyl (C=O) groups is 1. The summed E-state index contributed by atoms with van der Waals surface area (Å²) in [6.07, 6.45) is 0.115. The molecule has 3 aromatic rings. The summed E-state index contributed by atoms with van der Waals surface area (Å²) in [5, 5.41) is 12.1. The minimum atomic E-state index is -1.84. The van der Waals surface area contributed by atoms with Crippen molar-refractivity contribution in [3.05, 3.63) is 48.8 Å². The first-order valence-corrected chi connectivity index (χ1v) is 12.8. The number of benzene rings is 1. The lowest BCUT2D eigenvalue weighted by Gasteiger charge is -2.35. The summed E-state index contributed by atoms with van der Waals surface area (Å²) in [5.41, 5.74) is 9.73. The number of ether oxygens (including phenoxy) is 1. The number of cyclic esters (lactones) is 1. The largest absolute Gasteiger partial charge is 0.458 e. The lowest BCUT2D eigenvalue weighted by atomic mass is 9.86. The van der Waals surface area contributed by atoms with Gasteiger partial charge in [-0.05, 0) is 54.3 Å². The fourth-order valence-electron chi connectivity index (χ4n) is 5.49. The summed E-state index contributed by atoms with van der Waals surface area (Å²) in [7, 11) is 2.12. The Kier molecular flexibility index (Phi) is 5.14. The van der Waals surface area contributed by atoms with Crippen molar-refractivity contribution in [3.8, 4) is 11.4 Å². The number of hydrogen-bond donors (Lipinski definition) is 2. The summed E-state index contributed by atoms with van der Waals surface area (Å²) in [6.45, 7) is 5.51. The maximum absolute atomic E-state index is 13.6. The van der Waals surface area contributed by atoms with Gasteiger partial charge in [-0.15, -0.1) is 0 Å². The van der Waals surface area contributed by atoms with Crippen molar-refractivity contribution in [2.24, 2.45) is 0 Å². The SMILES string of the molecule is CC[C@@]1(O)C(=O)OCc2c1cc1n(c2=O)Cc2c-1nc1cc(I)c(N)cc1c2N1CCN(C)CC1. The summed E-state index contributed by atoms with van der Waals surface area (Å²) in [6, 6.07) is 5.72. The van der Waals surface area contributed by atoms with Crippen molar-refractivity contribution >= 4 is 50.8 Å². The Balaban J connectivity index is 1.63. The smallest absolute Gasteiger partial charge is 0.343 e. The third-order valence-corrected chi connectivity index (χ3v) is 8.53. The topological polar surface area (TPSA) is 114 Å². The monoisotopic (exact) mass is 587 g/mol. The van der Waals surface area contributed by atoms with Crippen molar-refractivity contribution < 1.29 is 14.6 Å². The third-order valence-electron chi connectivity index (χ3n) is 7.60. The van der Waals surface area contributed by atoms with Gasteiger partial charge >= 0.3 is 5.97 Å². The standard InChI is InChI=1S/C25H26IN5O4/c1-3-25(34)16-9-20-21-14(11-31(20)23(32)15(16)12-35-24(25)33)22(30-6-4-29(2)5-7-30)13-8-18(27)17(26)10-19(13)28-21/h8-10,34H,3-7,11-12,27H2,1-2H3/t25-/m0/s1. The van der Waals surface area contributed by atoms with Crippen LogP contribution in [-0.2, 0) is 28.3 Å². The average Bonchev–Trinajstić information content (AvgIpc) is 3.20. The molecule has 182 valence electrons. The van der Waals surface area contributed by atoms with E-state index in [1.165, 1.54) is 0 Å². The van der Waals surface area contributed by atoms with Crippen LogP contribution in [0.1, 0.15) is 30.0 Å². The molecule has 1 atom stereocenters. The van der Waals surface area contributed by atoms with Gasteiger partial charge in [0, 0.05) is 51.9 Å². The summed E-state index contributed by atoms with van der Waals surface area (Å²) < 4.78 is 7.81. The molecule has 0 aliphatic carbocycles. The molecule has 0 radical (unpaired) electrons. The second-order valence-electron chi connectivity index (χ2n) is 9.57. The summed E-state index contributed by atoms with van der Waals surface area (Å²) >= 11 is 2.21. The molecule has 0 unspecified atom stereocenters. The van der Waals surface area contributed by atoms with E-state index in [0.717, 1.165) is 51.9 Å². The number of piperazine rings is 1. The number of fused-ring (bicyclic) bond motifs is 5. The lowest BCUT2D eigenvalue weighted by Crippen LogP contribution is -2.45. The third kappa shape index (κ3) is 3.22. The summed E-state index contributed by atoms with van der Waals surface area (Å²) in [5.74, 6) is -0.718. The first kappa shape index (κ1) is 22.7. The minimum absolute atomic E-state index is 0.115. The fraction of sp³-hybridized carbons (Fsp3) is 0.400. The molecule has 5 heterocycles. The van der Waals surface area contributed by atoms with Crippen LogP contribution in [0, 0.1) is 3.57 Å². The van der Waals surface area contributed by atoms with Crippen molar-refractivity contribution in [2.45, 2.75) is 32.1 Å². The van der Waals surface area contributed by atoms with Crippen LogP contribution < -0.4 is 16.2 Å². The molecule has 0 spiro atoms. The van der Waals surface area contributed by atoms with Crippen LogP contribution in [0.4, 0.5) is 11.4 Å². The van der Waals surface area contributed by atoms with Gasteiger partial charge in [0.2, 0.25) is 0 Å². The zero-order chi connectivity index (χ0) is 24.6. The quantitative estimate of drug-likeness (QED) is 0.208. The van der Waals surface area contributed by atoms with E-state index in [0.29, 0.717) is 34.7 Å². The lowest BCUT2D eigenvalue weighted by molar-refractivity contribution is -0.172. The molecule has 0 saturated carbocycles. The Morgan fingerprint density at radius 2 is 1.91 bits per heavy atom. The van der Waals surface area contributed by atoms with Crippen LogP contribution >= 0.6 is 22.6 Å². The van der Waals surface area contributed by atoms with E-state index in [2.05, 4.69) is 39.4 Å². The molecule has 1 saturated heterocycles. The van der Waals surface area contributed by atoms with Gasteiger partial charge in [0.05, 0.1) is 34.7 Å². The predicted octanol–water partition coefficient (Wildman–Crippen LogP) is 2.02. The highest BCUT2D eigenvalue weighted by Gasteiger charge is 2.45. The molecule has 6 rings (SSSR count). The van der Waals surface area contributed by atoms with Gasteiger partial charge in [-0.25, -0.2) is 9.78 Å². The Hall–Kier alpha value is -2.70. The molecule has 1 aromatic carbocycles. The zero-order valence-corrected chi connectivity index (χ0v) is 21.8. The van der Waals surface area contributed by atoms with E-state index < -0.39 is 11.6 Å². The molecule has 10 heteroatoms. The van der Waals surface area contributed by atoms with E-state index in [-0.39, 0.29) is 18.6 Å². The molecule has 35 heavy (non-hydrogen) atoms. The van der Waals surface area contributed by atoms with Gasteiger partial charge in [-0.2, -0.15) is 0 Å². The number of nitrogen functional groups attached to an aromatic ring is 1. The number of likely N-dealkylation sites (N-methyl/N-ethyl adjacent to an activating group) is 1. The predicted molar refractivity (Wildman–Crippen MR) is 141 cm³/mol. The molecular formula is C25H26IN5O4. The highest BCUT2D eigenvalue weighted by Crippen LogP contribution is 2.44. The molecule has 3 aliphatic heterocycles. The molecule has 0 bridgehead atoms. The normalized spacial score (nSPS) is 21.6. The summed E-state index contributed by atoms with van der Waals surface area (Å²) in [4.78, 5) is 35.7. The first-order valence-electron chi connectivity index (χ1n) is 11.7. The molecule has 0 amide bonds. The molecule has 3 N–H and O–H groups in total. The molecule has 1 fully saturated rings. The van der Waals surface area contributed by atoms with Gasteiger partial charge < -0.3 is 29.9 Å². The van der Waals surface area contributed by atoms with Crippen LogP contribution in [-0.4, -0.2) is 58.8 Å². The Morgan fingerprint density at radius 3 is 2.63 bits per heavy atom. The number of halogens is 1. The number of aromatic nitrogens is 2. The Labute approximate surface area is 215 Å². The highest BCUT2D eigenvalue weighted by molar-refractivity contribution is 14.1. The number of esters is 1. The number of nitrogens with zero attached hydrogens (tertiary/aromatic N) is 4. The van der Waals surface area contributed by atoms with Crippen LogP contribution in [0.25, 0.3) is 22.3 Å². The maximum Gasteiger partial charge on any atom is 0.343 e.